The van der Waals surface area contributed by atoms with E-state index in [1.165, 1.54) is 11.3 Å². The minimum Gasteiger partial charge on any atom is -0.463 e. The molecule has 0 atom stereocenters. The Morgan fingerprint density at radius 1 is 1.45 bits per heavy atom. The average Bonchev–Trinajstić information content (AvgIpc) is 3.20. The van der Waals surface area contributed by atoms with Crippen molar-refractivity contribution in [3.05, 3.63) is 52.5 Å². The molecule has 3 heterocycles. The Balaban J connectivity index is 1.66. The summed E-state index contributed by atoms with van der Waals surface area (Å²) in [6.45, 7) is 0. The predicted octanol–water partition coefficient (Wildman–Crippen LogP) is 2.50. The molecule has 1 amide bonds. The second-order valence-corrected chi connectivity index (χ2v) is 4.84. The molecular weight excluding hydrogens is 276 g/mol. The number of carbonyl (C=O) groups is 1. The fraction of sp³-hybridized carbons (Fsp3) is 0. The van der Waals surface area contributed by atoms with E-state index in [1.807, 2.05) is 17.5 Å². The molecule has 3 aromatic heterocycles. The van der Waals surface area contributed by atoms with Crippen molar-refractivity contribution >= 4 is 23.5 Å². The third-order valence-corrected chi connectivity index (χ3v) is 3.31. The first-order valence-corrected chi connectivity index (χ1v) is 6.67. The van der Waals surface area contributed by atoms with Crippen molar-refractivity contribution in [2.75, 3.05) is 0 Å². The molecule has 0 saturated carbocycles. The van der Waals surface area contributed by atoms with Gasteiger partial charge in [0.25, 0.3) is 5.91 Å². The fourth-order valence-corrected chi connectivity index (χ4v) is 2.16. The molecule has 0 radical (unpaired) electrons. The quantitative estimate of drug-likeness (QED) is 0.571. The van der Waals surface area contributed by atoms with Gasteiger partial charge in [-0.05, 0) is 23.6 Å². The van der Waals surface area contributed by atoms with Crippen LogP contribution in [0.2, 0.25) is 0 Å². The summed E-state index contributed by atoms with van der Waals surface area (Å²) in [5.74, 6) is 0.241. The van der Waals surface area contributed by atoms with Crippen molar-refractivity contribution in [2.45, 2.75) is 0 Å². The van der Waals surface area contributed by atoms with Crippen LogP contribution in [0.15, 0.2) is 51.5 Å². The van der Waals surface area contributed by atoms with E-state index in [9.17, 15) is 4.79 Å². The van der Waals surface area contributed by atoms with Gasteiger partial charge in [0.2, 0.25) is 0 Å². The van der Waals surface area contributed by atoms with Crippen LogP contribution in [0.4, 0.5) is 0 Å². The van der Waals surface area contributed by atoms with E-state index in [0.717, 1.165) is 4.88 Å². The van der Waals surface area contributed by atoms with Crippen LogP contribution in [0.1, 0.15) is 15.4 Å². The first-order chi connectivity index (χ1) is 9.83. The lowest BCUT2D eigenvalue weighted by atomic mass is 10.3. The van der Waals surface area contributed by atoms with Crippen LogP contribution in [0, 0.1) is 0 Å². The zero-order valence-electron chi connectivity index (χ0n) is 10.2. The summed E-state index contributed by atoms with van der Waals surface area (Å²) in [7, 11) is 0. The van der Waals surface area contributed by atoms with E-state index < -0.39 is 0 Å². The Labute approximate surface area is 118 Å². The number of H-pyrrole nitrogens is 1. The lowest BCUT2D eigenvalue weighted by molar-refractivity contribution is 0.0950. The second-order valence-electron chi connectivity index (χ2n) is 3.86. The highest BCUT2D eigenvalue weighted by Crippen LogP contribution is 2.17. The van der Waals surface area contributed by atoms with Gasteiger partial charge in [0, 0.05) is 10.9 Å². The summed E-state index contributed by atoms with van der Waals surface area (Å²) in [5, 5.41) is 12.5. The zero-order chi connectivity index (χ0) is 13.8. The SMILES string of the molecule is O=C(NN=Cc1cccs1)c1cc(-c2ccco2)[nH]n1. The normalized spacial score (nSPS) is 11.0. The molecule has 3 rings (SSSR count). The highest BCUT2D eigenvalue weighted by molar-refractivity contribution is 7.11. The maximum absolute atomic E-state index is 11.8. The number of nitrogens with one attached hydrogen (secondary N) is 2. The molecule has 0 unspecified atom stereocenters. The number of furan rings is 1. The Kier molecular flexibility index (Phi) is 3.42. The van der Waals surface area contributed by atoms with E-state index >= 15 is 0 Å². The van der Waals surface area contributed by atoms with Gasteiger partial charge in [-0.15, -0.1) is 11.3 Å². The summed E-state index contributed by atoms with van der Waals surface area (Å²) in [6, 6.07) is 8.97. The van der Waals surface area contributed by atoms with Crippen molar-refractivity contribution in [1.29, 1.82) is 0 Å². The number of thiophene rings is 1. The van der Waals surface area contributed by atoms with E-state index in [4.69, 9.17) is 4.42 Å². The zero-order valence-corrected chi connectivity index (χ0v) is 11.1. The number of nitrogens with zero attached hydrogens (tertiary/aromatic N) is 2. The Morgan fingerprint density at radius 2 is 2.40 bits per heavy atom. The number of amides is 1. The van der Waals surface area contributed by atoms with Gasteiger partial charge in [0.15, 0.2) is 11.5 Å². The molecule has 0 bridgehead atoms. The Hall–Kier alpha value is -2.67. The smallest absolute Gasteiger partial charge is 0.291 e. The van der Waals surface area contributed by atoms with Crippen LogP contribution < -0.4 is 5.43 Å². The monoisotopic (exact) mass is 286 g/mol. The lowest BCUT2D eigenvalue weighted by Gasteiger charge is -1.93. The maximum atomic E-state index is 11.8. The van der Waals surface area contributed by atoms with Gasteiger partial charge in [0.05, 0.1) is 12.5 Å². The van der Waals surface area contributed by atoms with E-state index in [2.05, 4.69) is 20.7 Å². The van der Waals surface area contributed by atoms with E-state index in [-0.39, 0.29) is 11.6 Å². The minimum absolute atomic E-state index is 0.250. The molecule has 0 spiro atoms. The Bertz CT molecular complexity index is 713. The molecule has 0 aromatic carbocycles. The van der Waals surface area contributed by atoms with Gasteiger partial charge in [-0.3, -0.25) is 9.89 Å². The molecule has 20 heavy (non-hydrogen) atoms. The van der Waals surface area contributed by atoms with Crippen LogP contribution >= 0.6 is 11.3 Å². The molecule has 2 N–H and O–H groups in total. The van der Waals surface area contributed by atoms with Gasteiger partial charge in [-0.1, -0.05) is 6.07 Å². The van der Waals surface area contributed by atoms with Crippen molar-refractivity contribution in [1.82, 2.24) is 15.6 Å². The molecule has 6 nitrogen and oxygen atoms in total. The van der Waals surface area contributed by atoms with Gasteiger partial charge >= 0.3 is 0 Å². The number of hydrogen-bond donors (Lipinski definition) is 2. The topological polar surface area (TPSA) is 83.3 Å². The highest BCUT2D eigenvalue weighted by atomic mass is 32.1. The van der Waals surface area contributed by atoms with Crippen molar-refractivity contribution < 1.29 is 9.21 Å². The predicted molar refractivity (Wildman–Crippen MR) is 75.7 cm³/mol. The van der Waals surface area contributed by atoms with Crippen molar-refractivity contribution in [2.24, 2.45) is 5.10 Å². The standard InChI is InChI=1S/C13H10N4O2S/c18-13(17-14-8-9-3-2-6-20-9)11-7-10(15-16-11)12-4-1-5-19-12/h1-8H,(H,15,16)(H,17,18). The first kappa shape index (κ1) is 12.4. The Morgan fingerprint density at radius 3 is 3.15 bits per heavy atom. The molecule has 0 aliphatic carbocycles. The van der Waals surface area contributed by atoms with Crippen LogP contribution in [-0.2, 0) is 0 Å². The summed E-state index contributed by atoms with van der Waals surface area (Å²) in [6.07, 6.45) is 3.14. The van der Waals surface area contributed by atoms with Crippen molar-refractivity contribution in [3.63, 3.8) is 0 Å². The molecular formula is C13H10N4O2S. The minimum atomic E-state index is -0.383. The average molecular weight is 286 g/mol. The van der Waals surface area contributed by atoms with Crippen molar-refractivity contribution in [3.8, 4) is 11.5 Å². The molecule has 0 fully saturated rings. The third kappa shape index (κ3) is 2.67. The number of hydrazone groups is 1. The van der Waals surface area contributed by atoms with Crippen LogP contribution in [0.25, 0.3) is 11.5 Å². The number of aromatic amines is 1. The van der Waals surface area contributed by atoms with Gasteiger partial charge in [-0.25, -0.2) is 5.43 Å². The number of carbonyl (C=O) groups excluding carboxylic acids is 1. The van der Waals surface area contributed by atoms with Crippen LogP contribution in [-0.4, -0.2) is 22.3 Å². The summed E-state index contributed by atoms with van der Waals surface area (Å²) >= 11 is 1.54. The van der Waals surface area contributed by atoms with Crippen LogP contribution in [0.5, 0.6) is 0 Å². The molecule has 100 valence electrons. The molecule has 0 aliphatic heterocycles. The van der Waals surface area contributed by atoms with Gasteiger partial charge in [0.1, 0.15) is 5.69 Å². The number of rotatable bonds is 4. The summed E-state index contributed by atoms with van der Waals surface area (Å²) in [5.41, 5.74) is 3.31. The van der Waals surface area contributed by atoms with Gasteiger partial charge in [-0.2, -0.15) is 10.2 Å². The van der Waals surface area contributed by atoms with E-state index in [0.29, 0.717) is 11.5 Å². The largest absolute Gasteiger partial charge is 0.463 e. The first-order valence-electron chi connectivity index (χ1n) is 5.79. The van der Waals surface area contributed by atoms with E-state index in [1.54, 1.807) is 30.7 Å². The summed E-state index contributed by atoms with van der Waals surface area (Å²) < 4.78 is 5.21. The number of aromatic nitrogens is 2. The third-order valence-electron chi connectivity index (χ3n) is 2.50. The van der Waals surface area contributed by atoms with Gasteiger partial charge < -0.3 is 4.42 Å². The molecule has 0 aliphatic rings. The fourth-order valence-electron chi connectivity index (χ4n) is 1.57. The summed E-state index contributed by atoms with van der Waals surface area (Å²) in [4.78, 5) is 12.8. The lowest BCUT2D eigenvalue weighted by Crippen LogP contribution is -2.17. The number of hydrogen-bond acceptors (Lipinski definition) is 5. The molecule has 3 aromatic rings. The molecule has 0 saturated heterocycles. The highest BCUT2D eigenvalue weighted by Gasteiger charge is 2.11. The second kappa shape index (κ2) is 5.54. The van der Waals surface area contributed by atoms with Crippen LogP contribution in [0.3, 0.4) is 0 Å². The molecule has 7 heteroatoms. The maximum Gasteiger partial charge on any atom is 0.291 e.